The summed E-state index contributed by atoms with van der Waals surface area (Å²) in [4.78, 5) is 0. The Hall–Kier alpha value is -0.820. The number of benzene rings is 1. The maximum atomic E-state index is 13.1. The van der Waals surface area contributed by atoms with Gasteiger partial charge in [-0.3, -0.25) is 0 Å². The Bertz CT molecular complexity index is 448. The van der Waals surface area contributed by atoms with Crippen LogP contribution in [0.2, 0.25) is 5.02 Å². The molecule has 2 heteroatoms. The van der Waals surface area contributed by atoms with Crippen LogP contribution in [0.1, 0.15) is 32.3 Å². The molecule has 1 aromatic rings. The van der Waals surface area contributed by atoms with Gasteiger partial charge in [-0.05, 0) is 41.9 Å². The molecule has 2 rings (SSSR count). The highest BCUT2D eigenvalue weighted by Crippen LogP contribution is 2.67. The van der Waals surface area contributed by atoms with Gasteiger partial charge >= 0.3 is 0 Å². The van der Waals surface area contributed by atoms with Gasteiger partial charge in [-0.15, -0.1) is 0 Å². The lowest BCUT2D eigenvalue weighted by atomic mass is 10.0. The zero-order valence-corrected chi connectivity index (χ0v) is 10.6. The van der Waals surface area contributed by atoms with Crippen LogP contribution >= 0.6 is 11.6 Å². The Morgan fingerprint density at radius 1 is 1.44 bits per heavy atom. The Morgan fingerprint density at radius 3 is 2.50 bits per heavy atom. The Balaban J connectivity index is 2.33. The van der Waals surface area contributed by atoms with Crippen molar-refractivity contribution in [2.45, 2.75) is 26.7 Å². The minimum absolute atomic E-state index is 0.209. The van der Waals surface area contributed by atoms with E-state index < -0.39 is 0 Å². The first-order valence-corrected chi connectivity index (χ1v) is 5.84. The summed E-state index contributed by atoms with van der Waals surface area (Å²) in [7, 11) is 0. The highest BCUT2D eigenvalue weighted by Gasteiger charge is 2.58. The van der Waals surface area contributed by atoms with Crippen molar-refractivity contribution < 1.29 is 4.39 Å². The van der Waals surface area contributed by atoms with Crippen LogP contribution in [-0.4, -0.2) is 0 Å². The monoisotopic (exact) mass is 238 g/mol. The van der Waals surface area contributed by atoms with Gasteiger partial charge in [0.1, 0.15) is 5.82 Å². The summed E-state index contributed by atoms with van der Waals surface area (Å²) < 4.78 is 13.1. The number of hydrogen-bond acceptors (Lipinski definition) is 0. The Kier molecular flexibility index (Phi) is 2.62. The number of rotatable bonds is 2. The topological polar surface area (TPSA) is 0 Å². The summed E-state index contributed by atoms with van der Waals surface area (Å²) in [5, 5.41) is 0.209. The molecule has 0 heterocycles. The summed E-state index contributed by atoms with van der Waals surface area (Å²) in [6.07, 6.45) is 0. The Labute approximate surface area is 101 Å². The van der Waals surface area contributed by atoms with E-state index in [4.69, 9.17) is 11.6 Å². The first kappa shape index (κ1) is 11.7. The maximum absolute atomic E-state index is 13.1. The standard InChI is InChI=1S/C14H16ClF/c1-8(2)12-13(14(12,3)4)9-5-6-11(16)10(15)7-9/h5-7,12-13H,1H2,2-4H3. The van der Waals surface area contributed by atoms with Crippen molar-refractivity contribution >= 4 is 11.6 Å². The van der Waals surface area contributed by atoms with Crippen LogP contribution in [-0.2, 0) is 0 Å². The second-order valence-corrected chi connectivity index (χ2v) is 5.70. The Morgan fingerprint density at radius 2 is 2.06 bits per heavy atom. The van der Waals surface area contributed by atoms with E-state index in [9.17, 15) is 4.39 Å². The van der Waals surface area contributed by atoms with Gasteiger partial charge in [-0.2, -0.15) is 0 Å². The van der Waals surface area contributed by atoms with Crippen LogP contribution in [0, 0.1) is 17.2 Å². The molecule has 16 heavy (non-hydrogen) atoms. The van der Waals surface area contributed by atoms with Crippen LogP contribution in [0.5, 0.6) is 0 Å². The van der Waals surface area contributed by atoms with Crippen LogP contribution in [0.4, 0.5) is 4.39 Å². The van der Waals surface area contributed by atoms with Gasteiger partial charge in [0.25, 0.3) is 0 Å². The molecule has 1 aliphatic carbocycles. The lowest BCUT2D eigenvalue weighted by Crippen LogP contribution is -1.91. The van der Waals surface area contributed by atoms with Crippen LogP contribution in [0.15, 0.2) is 30.4 Å². The van der Waals surface area contributed by atoms with Gasteiger partial charge in [0.05, 0.1) is 5.02 Å². The summed E-state index contributed by atoms with van der Waals surface area (Å²) in [6.45, 7) is 10.5. The number of halogens is 2. The predicted octanol–water partition coefficient (Wildman–Crippen LogP) is 4.79. The summed E-state index contributed by atoms with van der Waals surface area (Å²) >= 11 is 5.81. The van der Waals surface area contributed by atoms with E-state index in [1.807, 2.05) is 6.07 Å². The van der Waals surface area contributed by atoms with E-state index >= 15 is 0 Å². The minimum atomic E-state index is -0.351. The SMILES string of the molecule is C=C(C)C1C(c2ccc(F)c(Cl)c2)C1(C)C. The van der Waals surface area contributed by atoms with Gasteiger partial charge in [0.2, 0.25) is 0 Å². The second kappa shape index (κ2) is 3.59. The van der Waals surface area contributed by atoms with Crippen LogP contribution in [0.3, 0.4) is 0 Å². The smallest absolute Gasteiger partial charge is 0.141 e. The van der Waals surface area contributed by atoms with Gasteiger partial charge < -0.3 is 0 Å². The van der Waals surface area contributed by atoms with Crippen molar-refractivity contribution in [1.29, 1.82) is 0 Å². The highest BCUT2D eigenvalue weighted by molar-refractivity contribution is 6.30. The van der Waals surface area contributed by atoms with Gasteiger partial charge in [-0.1, -0.05) is 43.7 Å². The summed E-state index contributed by atoms with van der Waals surface area (Å²) in [6, 6.07) is 5.02. The fraction of sp³-hybridized carbons (Fsp3) is 0.429. The normalized spacial score (nSPS) is 26.6. The molecule has 2 unspecified atom stereocenters. The molecular weight excluding hydrogens is 223 g/mol. The van der Waals surface area contributed by atoms with E-state index in [-0.39, 0.29) is 16.3 Å². The molecule has 1 aliphatic rings. The first-order chi connectivity index (χ1) is 7.35. The molecule has 1 saturated carbocycles. The molecule has 1 aromatic carbocycles. The molecule has 0 aliphatic heterocycles. The minimum Gasteiger partial charge on any atom is -0.205 e. The third-order valence-corrected chi connectivity index (χ3v) is 3.95. The number of hydrogen-bond donors (Lipinski definition) is 0. The predicted molar refractivity (Wildman–Crippen MR) is 66.2 cm³/mol. The molecule has 0 spiro atoms. The molecule has 0 radical (unpaired) electrons. The molecule has 86 valence electrons. The lowest BCUT2D eigenvalue weighted by Gasteiger charge is -2.03. The summed E-state index contributed by atoms with van der Waals surface area (Å²) in [5.74, 6) is 0.549. The fourth-order valence-corrected chi connectivity index (χ4v) is 3.07. The molecule has 0 saturated heterocycles. The quantitative estimate of drug-likeness (QED) is 0.650. The van der Waals surface area contributed by atoms with Crippen molar-refractivity contribution in [2.24, 2.45) is 11.3 Å². The molecule has 2 atom stereocenters. The van der Waals surface area contributed by atoms with Crippen LogP contribution < -0.4 is 0 Å². The van der Waals surface area contributed by atoms with E-state index in [1.165, 1.54) is 11.6 Å². The molecular formula is C14H16ClF. The van der Waals surface area contributed by atoms with E-state index in [0.717, 1.165) is 5.56 Å². The highest BCUT2D eigenvalue weighted by atomic mass is 35.5. The first-order valence-electron chi connectivity index (χ1n) is 5.46. The largest absolute Gasteiger partial charge is 0.205 e. The van der Waals surface area contributed by atoms with Crippen molar-refractivity contribution in [3.05, 3.63) is 46.8 Å². The van der Waals surface area contributed by atoms with Gasteiger partial charge in [-0.25, -0.2) is 4.39 Å². The number of allylic oxidation sites excluding steroid dienone is 1. The van der Waals surface area contributed by atoms with E-state index in [1.54, 1.807) is 6.07 Å². The maximum Gasteiger partial charge on any atom is 0.141 e. The van der Waals surface area contributed by atoms with E-state index in [0.29, 0.717) is 11.8 Å². The third-order valence-electron chi connectivity index (χ3n) is 3.66. The fourth-order valence-electron chi connectivity index (χ4n) is 2.89. The third kappa shape index (κ3) is 1.67. The average molecular weight is 239 g/mol. The van der Waals surface area contributed by atoms with E-state index in [2.05, 4.69) is 27.4 Å². The second-order valence-electron chi connectivity index (χ2n) is 5.30. The lowest BCUT2D eigenvalue weighted by molar-refractivity contribution is 0.583. The average Bonchev–Trinajstić information content (AvgIpc) is 2.74. The molecule has 0 N–H and O–H groups in total. The molecule has 1 fully saturated rings. The van der Waals surface area contributed by atoms with Crippen molar-refractivity contribution in [1.82, 2.24) is 0 Å². The molecule has 0 aromatic heterocycles. The van der Waals surface area contributed by atoms with Crippen molar-refractivity contribution in [2.75, 3.05) is 0 Å². The van der Waals surface area contributed by atoms with Gasteiger partial charge in [0.15, 0.2) is 0 Å². The molecule has 0 bridgehead atoms. The van der Waals surface area contributed by atoms with Crippen molar-refractivity contribution in [3.8, 4) is 0 Å². The van der Waals surface area contributed by atoms with Crippen molar-refractivity contribution in [3.63, 3.8) is 0 Å². The molecule has 0 nitrogen and oxygen atoms in total. The van der Waals surface area contributed by atoms with Gasteiger partial charge in [0, 0.05) is 0 Å². The summed E-state index contributed by atoms with van der Waals surface area (Å²) in [5.41, 5.74) is 2.52. The zero-order chi connectivity index (χ0) is 12.1. The zero-order valence-electron chi connectivity index (χ0n) is 9.85. The molecule has 0 amide bonds. The van der Waals surface area contributed by atoms with Crippen LogP contribution in [0.25, 0.3) is 0 Å².